The van der Waals surface area contributed by atoms with Gasteiger partial charge in [-0.2, -0.15) is 0 Å². The molecule has 1 saturated carbocycles. The van der Waals surface area contributed by atoms with Crippen LogP contribution in [0.1, 0.15) is 18.4 Å². The predicted molar refractivity (Wildman–Crippen MR) is 69.8 cm³/mol. The Bertz CT molecular complexity index is 583. The van der Waals surface area contributed by atoms with Gasteiger partial charge in [0.25, 0.3) is 0 Å². The lowest BCUT2D eigenvalue weighted by Gasteiger charge is -2.32. The molecular formula is C14H15NO5. The fraction of sp³-hybridized carbons (Fsp3) is 0.429. The van der Waals surface area contributed by atoms with Crippen LogP contribution in [0.4, 0.5) is 5.69 Å². The largest absolute Gasteiger partial charge is 0.481 e. The number of rotatable bonds is 3. The summed E-state index contributed by atoms with van der Waals surface area (Å²) < 4.78 is 10.5. The Morgan fingerprint density at radius 3 is 2.45 bits per heavy atom. The van der Waals surface area contributed by atoms with Crippen molar-refractivity contribution in [2.75, 3.05) is 12.1 Å². The van der Waals surface area contributed by atoms with Crippen LogP contribution in [0, 0.1) is 18.8 Å². The van der Waals surface area contributed by atoms with E-state index in [2.05, 4.69) is 5.32 Å². The summed E-state index contributed by atoms with van der Waals surface area (Å²) in [5, 5.41) is 11.8. The van der Waals surface area contributed by atoms with Crippen LogP contribution in [0.3, 0.4) is 0 Å². The number of nitrogens with one attached hydrogen (secondary N) is 1. The number of hydrogen-bond acceptors (Lipinski definition) is 4. The normalized spacial score (nSPS) is 23.1. The van der Waals surface area contributed by atoms with E-state index in [1.807, 2.05) is 6.92 Å². The molecule has 2 unspecified atom stereocenters. The molecule has 2 N–H and O–H groups in total. The molecule has 1 aliphatic carbocycles. The molecule has 1 aromatic rings. The van der Waals surface area contributed by atoms with Crippen molar-refractivity contribution in [2.45, 2.75) is 19.8 Å². The van der Waals surface area contributed by atoms with Gasteiger partial charge in [0, 0.05) is 11.8 Å². The molecule has 1 aromatic carbocycles. The van der Waals surface area contributed by atoms with Crippen molar-refractivity contribution in [1.82, 2.24) is 0 Å². The van der Waals surface area contributed by atoms with E-state index >= 15 is 0 Å². The van der Waals surface area contributed by atoms with Gasteiger partial charge in [-0.25, -0.2) is 0 Å². The molecule has 2 aliphatic rings. The minimum atomic E-state index is -0.904. The average molecular weight is 277 g/mol. The first-order chi connectivity index (χ1) is 9.56. The second kappa shape index (κ2) is 4.70. The zero-order valence-electron chi connectivity index (χ0n) is 11.0. The second-order valence-electron chi connectivity index (χ2n) is 5.14. The summed E-state index contributed by atoms with van der Waals surface area (Å²) in [5.41, 5.74) is 1.49. The number of carboxylic acids is 1. The van der Waals surface area contributed by atoms with Gasteiger partial charge in [-0.1, -0.05) is 0 Å². The number of benzene rings is 1. The van der Waals surface area contributed by atoms with E-state index in [-0.39, 0.29) is 12.7 Å². The molecule has 6 nitrogen and oxygen atoms in total. The van der Waals surface area contributed by atoms with E-state index in [9.17, 15) is 9.59 Å². The summed E-state index contributed by atoms with van der Waals surface area (Å²) in [6, 6.07) is 3.51. The highest BCUT2D eigenvalue weighted by atomic mass is 16.7. The van der Waals surface area contributed by atoms with Crippen molar-refractivity contribution in [3.05, 3.63) is 17.7 Å². The number of carbonyl (C=O) groups is 2. The number of carbonyl (C=O) groups excluding carboxylic acids is 1. The Hall–Kier alpha value is -2.24. The number of anilines is 1. The summed E-state index contributed by atoms with van der Waals surface area (Å²) in [5.74, 6) is -0.909. The lowest BCUT2D eigenvalue weighted by Crippen LogP contribution is -2.41. The number of aryl methyl sites for hydroxylation is 1. The molecular weight excluding hydrogens is 262 g/mol. The fourth-order valence-electron chi connectivity index (χ4n) is 2.51. The van der Waals surface area contributed by atoms with Crippen molar-refractivity contribution in [1.29, 1.82) is 0 Å². The molecule has 106 valence electrons. The molecule has 20 heavy (non-hydrogen) atoms. The van der Waals surface area contributed by atoms with E-state index in [4.69, 9.17) is 14.6 Å². The summed E-state index contributed by atoms with van der Waals surface area (Å²) in [4.78, 5) is 23.1. The first-order valence-corrected chi connectivity index (χ1v) is 6.50. The number of aliphatic carboxylic acids is 1. The van der Waals surface area contributed by atoms with Gasteiger partial charge in [0.2, 0.25) is 12.7 Å². The van der Waals surface area contributed by atoms with Gasteiger partial charge in [0.15, 0.2) is 11.5 Å². The van der Waals surface area contributed by atoms with Gasteiger partial charge in [-0.15, -0.1) is 0 Å². The molecule has 0 spiro atoms. The molecule has 0 bridgehead atoms. The monoisotopic (exact) mass is 277 g/mol. The molecule has 0 saturated heterocycles. The van der Waals surface area contributed by atoms with Gasteiger partial charge < -0.3 is 19.9 Å². The highest BCUT2D eigenvalue weighted by Crippen LogP contribution is 2.39. The molecule has 1 amide bonds. The Labute approximate surface area is 115 Å². The van der Waals surface area contributed by atoms with Gasteiger partial charge in [-0.3, -0.25) is 9.59 Å². The lowest BCUT2D eigenvalue weighted by molar-refractivity contribution is -0.151. The van der Waals surface area contributed by atoms with Crippen LogP contribution in [-0.4, -0.2) is 23.8 Å². The van der Waals surface area contributed by atoms with Crippen molar-refractivity contribution < 1.29 is 24.2 Å². The number of amides is 1. The number of hydrogen-bond donors (Lipinski definition) is 2. The van der Waals surface area contributed by atoms with Gasteiger partial charge in [0.05, 0.1) is 11.8 Å². The van der Waals surface area contributed by atoms with Crippen LogP contribution in [0.25, 0.3) is 0 Å². The van der Waals surface area contributed by atoms with Gasteiger partial charge in [0.1, 0.15) is 0 Å². The minimum Gasteiger partial charge on any atom is -0.481 e. The first kappa shape index (κ1) is 12.8. The van der Waals surface area contributed by atoms with Gasteiger partial charge in [-0.05, 0) is 31.4 Å². The van der Waals surface area contributed by atoms with Crippen LogP contribution in [0.2, 0.25) is 0 Å². The van der Waals surface area contributed by atoms with Crippen molar-refractivity contribution in [3.8, 4) is 11.5 Å². The summed E-state index contributed by atoms with van der Waals surface area (Å²) >= 11 is 0. The Morgan fingerprint density at radius 1 is 1.20 bits per heavy atom. The maximum atomic E-state index is 12.1. The minimum absolute atomic E-state index is 0.176. The van der Waals surface area contributed by atoms with Crippen LogP contribution in [0.5, 0.6) is 11.5 Å². The van der Waals surface area contributed by atoms with Gasteiger partial charge >= 0.3 is 5.97 Å². The molecule has 6 heteroatoms. The van der Waals surface area contributed by atoms with Crippen molar-refractivity contribution >= 4 is 17.6 Å². The maximum Gasteiger partial charge on any atom is 0.307 e. The molecule has 3 rings (SSSR count). The van der Waals surface area contributed by atoms with E-state index in [0.29, 0.717) is 30.0 Å². The molecule has 0 aromatic heterocycles. The van der Waals surface area contributed by atoms with E-state index in [0.717, 1.165) is 5.56 Å². The summed E-state index contributed by atoms with van der Waals surface area (Å²) in [7, 11) is 0. The Balaban J connectivity index is 1.75. The second-order valence-corrected chi connectivity index (χ2v) is 5.14. The summed E-state index contributed by atoms with van der Waals surface area (Å²) in [6.45, 7) is 2.03. The van der Waals surface area contributed by atoms with Crippen molar-refractivity contribution in [2.24, 2.45) is 11.8 Å². The van der Waals surface area contributed by atoms with Crippen molar-refractivity contribution in [3.63, 3.8) is 0 Å². The molecule has 1 aliphatic heterocycles. The highest BCUT2D eigenvalue weighted by Gasteiger charge is 2.41. The summed E-state index contributed by atoms with van der Waals surface area (Å²) in [6.07, 6.45) is 1.18. The van der Waals surface area contributed by atoms with E-state index in [1.165, 1.54) is 0 Å². The molecule has 1 heterocycles. The molecule has 2 atom stereocenters. The third kappa shape index (κ3) is 2.07. The molecule has 0 radical (unpaired) electrons. The number of fused-ring (bicyclic) bond motifs is 1. The zero-order chi connectivity index (χ0) is 14.3. The fourth-order valence-corrected chi connectivity index (χ4v) is 2.51. The quantitative estimate of drug-likeness (QED) is 0.879. The Kier molecular flexibility index (Phi) is 3.00. The highest BCUT2D eigenvalue weighted by molar-refractivity contribution is 5.97. The zero-order valence-corrected chi connectivity index (χ0v) is 11.0. The lowest BCUT2D eigenvalue weighted by atomic mass is 9.73. The Morgan fingerprint density at radius 2 is 1.85 bits per heavy atom. The van der Waals surface area contributed by atoms with E-state index in [1.54, 1.807) is 12.1 Å². The predicted octanol–water partition coefficient (Wildman–Crippen LogP) is 1.77. The number of ether oxygens (including phenoxy) is 2. The standard InChI is InChI=1S/C14H15NO5/c1-7-4-11-12(20-6-19-11)5-10(7)15-13(16)8-2-3-9(8)14(17)18/h4-5,8-9H,2-3,6H2,1H3,(H,15,16)(H,17,18). The topological polar surface area (TPSA) is 84.9 Å². The number of carboxylic acid groups (broad SMARTS) is 1. The smallest absolute Gasteiger partial charge is 0.307 e. The van der Waals surface area contributed by atoms with E-state index < -0.39 is 17.8 Å². The third-order valence-corrected chi connectivity index (χ3v) is 3.91. The third-order valence-electron chi connectivity index (χ3n) is 3.91. The molecule has 1 fully saturated rings. The SMILES string of the molecule is Cc1cc2c(cc1NC(=O)C1CCC1C(=O)O)OCO2. The van der Waals surface area contributed by atoms with Crippen LogP contribution < -0.4 is 14.8 Å². The average Bonchev–Trinajstić information content (AvgIpc) is 2.74. The van der Waals surface area contributed by atoms with Crippen LogP contribution in [0.15, 0.2) is 12.1 Å². The van der Waals surface area contributed by atoms with Crippen LogP contribution in [-0.2, 0) is 9.59 Å². The van der Waals surface area contributed by atoms with Crippen LogP contribution >= 0.6 is 0 Å². The first-order valence-electron chi connectivity index (χ1n) is 6.50. The maximum absolute atomic E-state index is 12.1.